The number of nitro benzene ring substituents is 1. The van der Waals surface area contributed by atoms with Crippen LogP contribution in [0.4, 0.5) is 11.4 Å². The average molecular weight is 395 g/mol. The Hall–Kier alpha value is -3.33. The van der Waals surface area contributed by atoms with Crippen LogP contribution < -0.4 is 14.8 Å². The summed E-state index contributed by atoms with van der Waals surface area (Å²) in [6, 6.07) is 8.06. The lowest BCUT2D eigenvalue weighted by atomic mass is 10.2. The van der Waals surface area contributed by atoms with E-state index in [2.05, 4.69) is 5.32 Å². The average Bonchev–Trinajstić information content (AvgIpc) is 2.65. The van der Waals surface area contributed by atoms with E-state index in [0.717, 1.165) is 0 Å². The molecule has 2 rings (SSSR count). The number of amides is 1. The van der Waals surface area contributed by atoms with Crippen LogP contribution in [0.25, 0.3) is 0 Å². The minimum absolute atomic E-state index is 0.0702. The Balaban J connectivity index is 2.01. The molecule has 0 aromatic heterocycles. The van der Waals surface area contributed by atoms with E-state index in [1.165, 1.54) is 50.6 Å². The first-order valence-corrected chi connectivity index (χ1v) is 7.86. The molecule has 2 aromatic carbocycles. The van der Waals surface area contributed by atoms with E-state index >= 15 is 0 Å². The van der Waals surface area contributed by atoms with Gasteiger partial charge >= 0.3 is 5.97 Å². The first-order valence-electron chi connectivity index (χ1n) is 7.48. The molecule has 2 aromatic rings. The van der Waals surface area contributed by atoms with E-state index in [9.17, 15) is 19.7 Å². The zero-order valence-corrected chi connectivity index (χ0v) is 15.1. The SMILES string of the molecule is COc1cc(C(=O)OCC(=O)Nc2cccc([N+](=O)[O-])c2)cc(Cl)c1OC. The molecule has 1 amide bonds. The van der Waals surface area contributed by atoms with Crippen LogP contribution in [0, 0.1) is 10.1 Å². The molecule has 0 spiro atoms. The van der Waals surface area contributed by atoms with Gasteiger partial charge in [-0.15, -0.1) is 0 Å². The highest BCUT2D eigenvalue weighted by Crippen LogP contribution is 2.36. The summed E-state index contributed by atoms with van der Waals surface area (Å²) in [4.78, 5) is 34.2. The minimum Gasteiger partial charge on any atom is -0.493 e. The fourth-order valence-corrected chi connectivity index (χ4v) is 2.43. The number of nitro groups is 1. The third-order valence-corrected chi connectivity index (χ3v) is 3.63. The van der Waals surface area contributed by atoms with E-state index in [-0.39, 0.29) is 33.5 Å². The number of esters is 1. The number of anilines is 1. The molecule has 142 valence electrons. The van der Waals surface area contributed by atoms with Crippen LogP contribution in [0.3, 0.4) is 0 Å². The molecular weight excluding hydrogens is 380 g/mol. The van der Waals surface area contributed by atoms with Gasteiger partial charge in [0.2, 0.25) is 0 Å². The molecule has 1 N–H and O–H groups in total. The zero-order valence-electron chi connectivity index (χ0n) is 14.4. The molecular formula is C17H15ClN2O7. The molecule has 0 atom stereocenters. The van der Waals surface area contributed by atoms with Gasteiger partial charge in [0, 0.05) is 17.8 Å². The van der Waals surface area contributed by atoms with E-state index < -0.39 is 23.4 Å². The number of hydrogen-bond acceptors (Lipinski definition) is 7. The standard InChI is InChI=1S/C17H15ClN2O7/c1-25-14-7-10(6-13(18)16(14)26-2)17(22)27-9-15(21)19-11-4-3-5-12(8-11)20(23)24/h3-8H,9H2,1-2H3,(H,19,21). The van der Waals surface area contributed by atoms with Gasteiger partial charge < -0.3 is 19.5 Å². The molecule has 0 saturated carbocycles. The second kappa shape index (κ2) is 8.86. The van der Waals surface area contributed by atoms with Crippen LogP contribution in [0.2, 0.25) is 5.02 Å². The molecule has 0 fully saturated rings. The van der Waals surface area contributed by atoms with Gasteiger partial charge in [0.05, 0.1) is 29.7 Å². The van der Waals surface area contributed by atoms with Gasteiger partial charge in [-0.05, 0) is 18.2 Å². The maximum atomic E-state index is 12.1. The van der Waals surface area contributed by atoms with Crippen LogP contribution >= 0.6 is 11.6 Å². The van der Waals surface area contributed by atoms with Crippen molar-refractivity contribution < 1.29 is 28.7 Å². The van der Waals surface area contributed by atoms with Crippen molar-refractivity contribution in [2.45, 2.75) is 0 Å². The van der Waals surface area contributed by atoms with E-state index in [4.69, 9.17) is 25.8 Å². The Bertz CT molecular complexity index is 886. The Labute approximate surface area is 158 Å². The summed E-state index contributed by atoms with van der Waals surface area (Å²) < 4.78 is 15.1. The van der Waals surface area contributed by atoms with Gasteiger partial charge in [0.1, 0.15) is 0 Å². The molecule has 27 heavy (non-hydrogen) atoms. The molecule has 0 aliphatic rings. The molecule has 0 saturated heterocycles. The second-order valence-corrected chi connectivity index (χ2v) is 5.53. The van der Waals surface area contributed by atoms with E-state index in [1.54, 1.807) is 0 Å². The number of nitrogens with one attached hydrogen (secondary N) is 1. The van der Waals surface area contributed by atoms with Crippen LogP contribution in [0.5, 0.6) is 11.5 Å². The van der Waals surface area contributed by atoms with Crippen molar-refractivity contribution >= 4 is 34.9 Å². The molecule has 0 aliphatic carbocycles. The highest BCUT2D eigenvalue weighted by Gasteiger charge is 2.17. The molecule has 0 unspecified atom stereocenters. The molecule has 0 radical (unpaired) electrons. The number of ether oxygens (including phenoxy) is 3. The second-order valence-electron chi connectivity index (χ2n) is 5.13. The maximum absolute atomic E-state index is 12.1. The third-order valence-electron chi connectivity index (χ3n) is 3.34. The Morgan fingerprint density at radius 1 is 1.19 bits per heavy atom. The molecule has 0 aliphatic heterocycles. The lowest BCUT2D eigenvalue weighted by Crippen LogP contribution is -2.21. The van der Waals surface area contributed by atoms with E-state index in [0.29, 0.717) is 0 Å². The predicted molar refractivity (Wildman–Crippen MR) is 96.6 cm³/mol. The monoisotopic (exact) mass is 394 g/mol. The zero-order chi connectivity index (χ0) is 20.0. The summed E-state index contributed by atoms with van der Waals surface area (Å²) >= 11 is 6.02. The van der Waals surface area contributed by atoms with Crippen molar-refractivity contribution in [2.24, 2.45) is 0 Å². The van der Waals surface area contributed by atoms with Gasteiger partial charge in [0.15, 0.2) is 18.1 Å². The summed E-state index contributed by atoms with van der Waals surface area (Å²) in [5, 5.41) is 13.3. The van der Waals surface area contributed by atoms with Crippen molar-refractivity contribution in [3.8, 4) is 11.5 Å². The number of carbonyl (C=O) groups excluding carboxylic acids is 2. The quantitative estimate of drug-likeness (QED) is 0.435. The Morgan fingerprint density at radius 3 is 2.56 bits per heavy atom. The fourth-order valence-electron chi connectivity index (χ4n) is 2.14. The third kappa shape index (κ3) is 5.08. The van der Waals surface area contributed by atoms with Gasteiger partial charge in [-0.3, -0.25) is 14.9 Å². The van der Waals surface area contributed by atoms with Gasteiger partial charge in [-0.2, -0.15) is 0 Å². The van der Waals surface area contributed by atoms with Crippen LogP contribution in [0.1, 0.15) is 10.4 Å². The smallest absolute Gasteiger partial charge is 0.338 e. The van der Waals surface area contributed by atoms with Crippen molar-refractivity contribution in [1.82, 2.24) is 0 Å². The maximum Gasteiger partial charge on any atom is 0.338 e. The summed E-state index contributed by atoms with van der Waals surface area (Å²) in [5.74, 6) is -0.959. The van der Waals surface area contributed by atoms with Crippen molar-refractivity contribution in [3.63, 3.8) is 0 Å². The number of carbonyl (C=O) groups is 2. The number of hydrogen-bond donors (Lipinski definition) is 1. The summed E-state index contributed by atoms with van der Waals surface area (Å²) in [7, 11) is 2.79. The van der Waals surface area contributed by atoms with Crippen LogP contribution in [0.15, 0.2) is 36.4 Å². The molecule has 0 bridgehead atoms. The summed E-state index contributed by atoms with van der Waals surface area (Å²) in [5.41, 5.74) is 0.102. The normalized spacial score (nSPS) is 10.0. The number of nitrogens with zero attached hydrogens (tertiary/aromatic N) is 1. The number of rotatable bonds is 7. The lowest BCUT2D eigenvalue weighted by molar-refractivity contribution is -0.384. The Morgan fingerprint density at radius 2 is 1.93 bits per heavy atom. The highest BCUT2D eigenvalue weighted by atomic mass is 35.5. The van der Waals surface area contributed by atoms with Gasteiger partial charge in [-0.25, -0.2) is 4.79 Å². The molecule has 0 heterocycles. The Kier molecular flexibility index (Phi) is 6.56. The molecule has 10 heteroatoms. The number of halogens is 1. The van der Waals surface area contributed by atoms with Gasteiger partial charge in [-0.1, -0.05) is 17.7 Å². The van der Waals surface area contributed by atoms with Crippen LogP contribution in [-0.4, -0.2) is 37.6 Å². The van der Waals surface area contributed by atoms with E-state index in [1.807, 2.05) is 0 Å². The van der Waals surface area contributed by atoms with Crippen molar-refractivity contribution in [2.75, 3.05) is 26.1 Å². The lowest BCUT2D eigenvalue weighted by Gasteiger charge is -2.11. The first kappa shape index (κ1) is 20.0. The van der Waals surface area contributed by atoms with Crippen molar-refractivity contribution in [3.05, 3.63) is 57.1 Å². The number of non-ortho nitro benzene ring substituents is 1. The summed E-state index contributed by atoms with van der Waals surface area (Å²) in [6.45, 7) is -0.590. The number of benzene rings is 2. The van der Waals surface area contributed by atoms with Crippen molar-refractivity contribution in [1.29, 1.82) is 0 Å². The fraction of sp³-hybridized carbons (Fsp3) is 0.176. The largest absolute Gasteiger partial charge is 0.493 e. The molecule has 9 nitrogen and oxygen atoms in total. The predicted octanol–water partition coefficient (Wildman–Crippen LogP) is 3.06. The minimum atomic E-state index is -0.799. The summed E-state index contributed by atoms with van der Waals surface area (Å²) in [6.07, 6.45) is 0. The van der Waals surface area contributed by atoms with Gasteiger partial charge in [0.25, 0.3) is 11.6 Å². The first-order chi connectivity index (χ1) is 12.8. The number of methoxy groups -OCH3 is 2. The highest BCUT2D eigenvalue weighted by molar-refractivity contribution is 6.32. The van der Waals surface area contributed by atoms with Crippen LogP contribution in [-0.2, 0) is 9.53 Å². The topological polar surface area (TPSA) is 117 Å².